The molecule has 2 aromatic carbocycles. The van der Waals surface area contributed by atoms with Crippen molar-refractivity contribution in [3.8, 4) is 0 Å². The average molecular weight is 338 g/mol. The van der Waals surface area contributed by atoms with E-state index in [1.165, 1.54) is 5.56 Å². The van der Waals surface area contributed by atoms with E-state index in [9.17, 15) is 4.39 Å². The number of rotatable bonds is 4. The van der Waals surface area contributed by atoms with Crippen LogP contribution in [-0.4, -0.2) is 10.9 Å². The maximum absolute atomic E-state index is 13.8. The molecule has 0 spiro atoms. The van der Waals surface area contributed by atoms with Gasteiger partial charge in [-0.05, 0) is 49.1 Å². The Morgan fingerprint density at radius 1 is 1.14 bits per heavy atom. The fraction of sp³-hybridized carbons (Fsp3) is 0.333. The Hall–Kier alpha value is -1.09. The van der Waals surface area contributed by atoms with E-state index in [1.807, 2.05) is 24.3 Å². The largest absolute Gasteiger partial charge is 0.292 e. The average Bonchev–Trinajstić information content (AvgIpc) is 2.94. The maximum atomic E-state index is 13.8. The van der Waals surface area contributed by atoms with Gasteiger partial charge in [-0.2, -0.15) is 0 Å². The van der Waals surface area contributed by atoms with Gasteiger partial charge in [0, 0.05) is 24.7 Å². The molecule has 0 N–H and O–H groups in total. The van der Waals surface area contributed by atoms with Gasteiger partial charge in [0.05, 0.1) is 10.0 Å². The van der Waals surface area contributed by atoms with E-state index in [0.29, 0.717) is 22.6 Å². The highest BCUT2D eigenvalue weighted by molar-refractivity contribution is 6.42. The van der Waals surface area contributed by atoms with Gasteiger partial charge in [0.25, 0.3) is 0 Å². The van der Waals surface area contributed by atoms with Crippen LogP contribution in [0.25, 0.3) is 0 Å². The van der Waals surface area contributed by atoms with E-state index in [2.05, 4.69) is 11.8 Å². The molecular weight excluding hydrogens is 320 g/mol. The SMILES string of the molecule is CC(CCc1ccc(Cl)c(Cl)c1)N1Cc2cccc(F)c2C1. The van der Waals surface area contributed by atoms with Crippen LogP contribution in [0.1, 0.15) is 30.0 Å². The minimum Gasteiger partial charge on any atom is -0.292 e. The molecule has 116 valence electrons. The number of aryl methyl sites for hydroxylation is 1. The summed E-state index contributed by atoms with van der Waals surface area (Å²) in [5.41, 5.74) is 3.15. The first-order valence-corrected chi connectivity index (χ1v) is 8.24. The molecule has 2 aromatic rings. The molecule has 1 atom stereocenters. The van der Waals surface area contributed by atoms with Gasteiger partial charge in [-0.1, -0.05) is 41.4 Å². The number of hydrogen-bond donors (Lipinski definition) is 0. The van der Waals surface area contributed by atoms with Gasteiger partial charge >= 0.3 is 0 Å². The molecule has 1 nitrogen and oxygen atoms in total. The predicted molar refractivity (Wildman–Crippen MR) is 89.9 cm³/mol. The van der Waals surface area contributed by atoms with Crippen molar-refractivity contribution >= 4 is 23.2 Å². The lowest BCUT2D eigenvalue weighted by molar-refractivity contribution is 0.202. The quantitative estimate of drug-likeness (QED) is 0.715. The molecular formula is C18H18Cl2FN. The van der Waals surface area contributed by atoms with Gasteiger partial charge in [0.2, 0.25) is 0 Å². The molecule has 0 amide bonds. The summed E-state index contributed by atoms with van der Waals surface area (Å²) in [5, 5.41) is 1.19. The third-order valence-corrected chi connectivity index (χ3v) is 5.15. The smallest absolute Gasteiger partial charge is 0.128 e. The van der Waals surface area contributed by atoms with E-state index in [4.69, 9.17) is 23.2 Å². The second kappa shape index (κ2) is 6.57. The minimum absolute atomic E-state index is 0.0864. The van der Waals surface area contributed by atoms with E-state index in [1.54, 1.807) is 12.1 Å². The standard InChI is InChI=1S/C18H18Cl2FN/c1-12(5-6-13-7-8-16(19)17(20)9-13)22-10-14-3-2-4-18(21)15(14)11-22/h2-4,7-9,12H,5-6,10-11H2,1H3. The molecule has 0 aliphatic carbocycles. The summed E-state index contributed by atoms with van der Waals surface area (Å²) in [6.07, 6.45) is 1.95. The highest BCUT2D eigenvalue weighted by Gasteiger charge is 2.25. The topological polar surface area (TPSA) is 3.24 Å². The van der Waals surface area contributed by atoms with E-state index in [0.717, 1.165) is 30.5 Å². The van der Waals surface area contributed by atoms with Crippen molar-refractivity contribution in [1.29, 1.82) is 0 Å². The van der Waals surface area contributed by atoms with Crippen LogP contribution in [0.2, 0.25) is 10.0 Å². The van der Waals surface area contributed by atoms with Crippen LogP contribution in [0.4, 0.5) is 4.39 Å². The predicted octanol–water partition coefficient (Wildman–Crippen LogP) is 5.47. The van der Waals surface area contributed by atoms with Gasteiger partial charge in [-0.15, -0.1) is 0 Å². The summed E-state index contributed by atoms with van der Waals surface area (Å²) in [7, 11) is 0. The van der Waals surface area contributed by atoms with Crippen molar-refractivity contribution in [3.05, 3.63) is 69.0 Å². The highest BCUT2D eigenvalue weighted by Crippen LogP contribution is 2.28. The van der Waals surface area contributed by atoms with Gasteiger partial charge < -0.3 is 0 Å². The normalized spacial score (nSPS) is 15.8. The molecule has 0 saturated heterocycles. The Balaban J connectivity index is 1.60. The van der Waals surface area contributed by atoms with Crippen molar-refractivity contribution in [2.75, 3.05) is 0 Å². The lowest BCUT2D eigenvalue weighted by Crippen LogP contribution is -2.28. The Bertz CT molecular complexity index is 687. The Labute approximate surface area is 140 Å². The first kappa shape index (κ1) is 15.8. The molecule has 0 aromatic heterocycles. The molecule has 4 heteroatoms. The molecule has 22 heavy (non-hydrogen) atoms. The van der Waals surface area contributed by atoms with Crippen LogP contribution in [0.15, 0.2) is 36.4 Å². The monoisotopic (exact) mass is 337 g/mol. The summed E-state index contributed by atoms with van der Waals surface area (Å²) in [6, 6.07) is 11.5. The van der Waals surface area contributed by atoms with Crippen molar-refractivity contribution in [2.24, 2.45) is 0 Å². The molecule has 1 unspecified atom stereocenters. The number of benzene rings is 2. The van der Waals surface area contributed by atoms with Crippen LogP contribution in [0.5, 0.6) is 0 Å². The van der Waals surface area contributed by atoms with E-state index < -0.39 is 0 Å². The highest BCUT2D eigenvalue weighted by atomic mass is 35.5. The van der Waals surface area contributed by atoms with E-state index in [-0.39, 0.29) is 5.82 Å². The fourth-order valence-corrected chi connectivity index (χ4v) is 3.29. The van der Waals surface area contributed by atoms with Gasteiger partial charge in [-0.25, -0.2) is 4.39 Å². The van der Waals surface area contributed by atoms with Gasteiger partial charge in [-0.3, -0.25) is 4.90 Å². The molecule has 0 fully saturated rings. The number of nitrogens with zero attached hydrogens (tertiary/aromatic N) is 1. The first-order chi connectivity index (χ1) is 10.5. The zero-order chi connectivity index (χ0) is 15.7. The van der Waals surface area contributed by atoms with E-state index >= 15 is 0 Å². The molecule has 1 aliphatic rings. The van der Waals surface area contributed by atoms with Crippen molar-refractivity contribution in [2.45, 2.75) is 38.9 Å². The second-order valence-electron chi connectivity index (χ2n) is 5.92. The zero-order valence-electron chi connectivity index (χ0n) is 12.5. The van der Waals surface area contributed by atoms with Crippen LogP contribution >= 0.6 is 23.2 Å². The minimum atomic E-state index is -0.0864. The van der Waals surface area contributed by atoms with Gasteiger partial charge in [0.1, 0.15) is 5.82 Å². The maximum Gasteiger partial charge on any atom is 0.128 e. The zero-order valence-corrected chi connectivity index (χ0v) is 14.0. The Kier molecular flexibility index (Phi) is 4.72. The molecule has 0 bridgehead atoms. The van der Waals surface area contributed by atoms with Crippen molar-refractivity contribution in [1.82, 2.24) is 4.90 Å². The lowest BCUT2D eigenvalue weighted by atomic mass is 10.1. The summed E-state index contributed by atoms with van der Waals surface area (Å²) < 4.78 is 13.8. The number of halogens is 3. The van der Waals surface area contributed by atoms with Crippen LogP contribution in [-0.2, 0) is 19.5 Å². The Morgan fingerprint density at radius 3 is 2.68 bits per heavy atom. The number of fused-ring (bicyclic) bond motifs is 1. The van der Waals surface area contributed by atoms with Crippen molar-refractivity contribution < 1.29 is 4.39 Å². The van der Waals surface area contributed by atoms with Crippen molar-refractivity contribution in [3.63, 3.8) is 0 Å². The van der Waals surface area contributed by atoms with Crippen LogP contribution < -0.4 is 0 Å². The summed E-state index contributed by atoms with van der Waals surface area (Å²) >= 11 is 12.0. The fourth-order valence-electron chi connectivity index (χ4n) is 2.97. The third kappa shape index (κ3) is 3.29. The molecule has 0 saturated carbocycles. The van der Waals surface area contributed by atoms with Crippen LogP contribution in [0.3, 0.4) is 0 Å². The molecule has 3 rings (SSSR count). The lowest BCUT2D eigenvalue weighted by Gasteiger charge is -2.23. The number of hydrogen-bond acceptors (Lipinski definition) is 1. The first-order valence-electron chi connectivity index (χ1n) is 7.49. The van der Waals surface area contributed by atoms with Crippen LogP contribution in [0, 0.1) is 5.82 Å². The summed E-state index contributed by atoms with van der Waals surface area (Å²) in [5.74, 6) is -0.0864. The molecule has 1 heterocycles. The Morgan fingerprint density at radius 2 is 1.95 bits per heavy atom. The second-order valence-corrected chi connectivity index (χ2v) is 6.73. The third-order valence-electron chi connectivity index (χ3n) is 4.41. The van der Waals surface area contributed by atoms with Gasteiger partial charge in [0.15, 0.2) is 0 Å². The molecule has 0 radical (unpaired) electrons. The summed E-state index contributed by atoms with van der Waals surface area (Å²) in [6.45, 7) is 3.72. The molecule has 1 aliphatic heterocycles. The summed E-state index contributed by atoms with van der Waals surface area (Å²) in [4.78, 5) is 2.32.